The highest BCUT2D eigenvalue weighted by molar-refractivity contribution is 7.99. The molecule has 0 bridgehead atoms. The molecule has 0 aliphatic heterocycles. The van der Waals surface area contributed by atoms with Gasteiger partial charge in [-0.1, -0.05) is 36.0 Å². The fraction of sp³-hybridized carbons (Fsp3) is 0.158. The Morgan fingerprint density at radius 3 is 2.52 bits per heavy atom. The van der Waals surface area contributed by atoms with Crippen molar-refractivity contribution in [3.63, 3.8) is 0 Å². The smallest absolute Gasteiger partial charge is 0.278 e. The first-order chi connectivity index (χ1) is 12.9. The number of nitrogens with zero attached hydrogens (tertiary/aromatic N) is 2. The fourth-order valence-electron chi connectivity index (χ4n) is 2.65. The number of hydrogen-bond donors (Lipinski definition) is 3. The van der Waals surface area contributed by atoms with Crippen LogP contribution >= 0.6 is 11.8 Å². The van der Waals surface area contributed by atoms with E-state index >= 15 is 0 Å². The van der Waals surface area contributed by atoms with Crippen LogP contribution in [0.5, 0.6) is 0 Å². The average molecular weight is 381 g/mol. The summed E-state index contributed by atoms with van der Waals surface area (Å²) in [5.74, 6) is -0.0891. The number of carbonyl (C=O) groups is 1. The van der Waals surface area contributed by atoms with Gasteiger partial charge in [-0.05, 0) is 43.2 Å². The molecule has 0 saturated heterocycles. The van der Waals surface area contributed by atoms with Gasteiger partial charge in [0.2, 0.25) is 5.91 Å². The van der Waals surface area contributed by atoms with Crippen molar-refractivity contribution in [1.29, 1.82) is 0 Å². The number of aryl methyl sites for hydroxylation is 2. The van der Waals surface area contributed by atoms with Crippen LogP contribution in [0.1, 0.15) is 11.1 Å². The molecule has 1 heterocycles. The van der Waals surface area contributed by atoms with Gasteiger partial charge in [0.05, 0.1) is 5.75 Å². The topological polar surface area (TPSA) is 114 Å². The summed E-state index contributed by atoms with van der Waals surface area (Å²) in [7, 11) is 0. The predicted octanol–water partition coefficient (Wildman–Crippen LogP) is 2.76. The quantitative estimate of drug-likeness (QED) is 0.462. The maximum atomic E-state index is 12.3. The van der Waals surface area contributed by atoms with Gasteiger partial charge >= 0.3 is 0 Å². The largest absolute Gasteiger partial charge is 0.398 e. The summed E-state index contributed by atoms with van der Waals surface area (Å²) in [6.07, 6.45) is 0. The molecule has 138 valence electrons. The van der Waals surface area contributed by atoms with E-state index in [1.165, 1.54) is 0 Å². The van der Waals surface area contributed by atoms with Crippen molar-refractivity contribution in [2.24, 2.45) is 0 Å². The maximum absolute atomic E-state index is 12.3. The first-order valence-corrected chi connectivity index (χ1v) is 9.24. The molecule has 4 N–H and O–H groups in total. The Bertz CT molecular complexity index is 1030. The van der Waals surface area contributed by atoms with E-state index in [0.717, 1.165) is 28.6 Å². The number of amides is 1. The van der Waals surface area contributed by atoms with Crippen molar-refractivity contribution in [3.8, 4) is 11.3 Å². The zero-order valence-electron chi connectivity index (χ0n) is 14.9. The summed E-state index contributed by atoms with van der Waals surface area (Å²) >= 11 is 1.11. The number of para-hydroxylation sites is 1. The number of thioether (sulfide) groups is 1. The zero-order chi connectivity index (χ0) is 19.4. The maximum Gasteiger partial charge on any atom is 0.278 e. The molecule has 0 aliphatic rings. The molecule has 3 aromatic rings. The minimum Gasteiger partial charge on any atom is -0.398 e. The third-order valence-corrected chi connectivity index (χ3v) is 4.60. The minimum absolute atomic E-state index is 0.102. The van der Waals surface area contributed by atoms with Gasteiger partial charge in [0.25, 0.3) is 5.56 Å². The normalized spacial score (nSPS) is 10.6. The van der Waals surface area contributed by atoms with Crippen LogP contribution in [0, 0.1) is 13.8 Å². The van der Waals surface area contributed by atoms with Crippen molar-refractivity contribution < 1.29 is 4.79 Å². The van der Waals surface area contributed by atoms with Gasteiger partial charge in [0.1, 0.15) is 0 Å². The number of aromatic amines is 1. The van der Waals surface area contributed by atoms with Gasteiger partial charge in [-0.15, -0.1) is 10.2 Å². The first-order valence-electron chi connectivity index (χ1n) is 8.25. The Morgan fingerprint density at radius 2 is 1.85 bits per heavy atom. The second-order valence-electron chi connectivity index (χ2n) is 6.11. The summed E-state index contributed by atoms with van der Waals surface area (Å²) in [4.78, 5) is 27.1. The number of nitrogens with one attached hydrogen (secondary N) is 2. The minimum atomic E-state index is -0.403. The van der Waals surface area contributed by atoms with Crippen molar-refractivity contribution in [3.05, 3.63) is 63.9 Å². The number of nitrogen functional groups attached to an aromatic ring is 1. The molecule has 3 rings (SSSR count). The molecule has 1 aromatic heterocycles. The van der Waals surface area contributed by atoms with Gasteiger partial charge in [-0.2, -0.15) is 0 Å². The zero-order valence-corrected chi connectivity index (χ0v) is 15.8. The summed E-state index contributed by atoms with van der Waals surface area (Å²) < 4.78 is 0. The molecule has 0 radical (unpaired) electrons. The van der Waals surface area contributed by atoms with E-state index in [-0.39, 0.29) is 22.5 Å². The molecular formula is C19H19N5O2S. The molecule has 8 heteroatoms. The molecule has 27 heavy (non-hydrogen) atoms. The summed E-state index contributed by atoms with van der Waals surface area (Å²) in [5, 5.41) is 11.1. The van der Waals surface area contributed by atoms with Crippen LogP contribution in [0.4, 0.5) is 11.4 Å². The number of aromatic nitrogens is 3. The Kier molecular flexibility index (Phi) is 5.56. The number of benzene rings is 2. The van der Waals surface area contributed by atoms with Crippen LogP contribution in [0.3, 0.4) is 0 Å². The predicted molar refractivity (Wildman–Crippen MR) is 108 cm³/mol. The molecule has 0 fully saturated rings. The van der Waals surface area contributed by atoms with Gasteiger partial charge in [0, 0.05) is 16.9 Å². The number of carbonyl (C=O) groups excluding carboxylic acids is 1. The van der Waals surface area contributed by atoms with Crippen LogP contribution in [0.25, 0.3) is 11.3 Å². The average Bonchev–Trinajstić information content (AvgIpc) is 2.60. The fourth-order valence-corrected chi connectivity index (χ4v) is 3.26. The third kappa shape index (κ3) is 4.73. The van der Waals surface area contributed by atoms with Crippen LogP contribution in [-0.4, -0.2) is 26.8 Å². The molecular weight excluding hydrogens is 362 g/mol. The molecule has 7 nitrogen and oxygen atoms in total. The molecule has 0 unspecified atom stereocenters. The van der Waals surface area contributed by atoms with Gasteiger partial charge in [-0.3, -0.25) is 14.6 Å². The van der Waals surface area contributed by atoms with Crippen LogP contribution in [0.15, 0.2) is 52.4 Å². The van der Waals surface area contributed by atoms with Gasteiger partial charge in [0.15, 0.2) is 10.9 Å². The van der Waals surface area contributed by atoms with E-state index in [0.29, 0.717) is 11.3 Å². The highest BCUT2D eigenvalue weighted by Crippen LogP contribution is 2.21. The Hall–Kier alpha value is -3.13. The lowest BCUT2D eigenvalue weighted by molar-refractivity contribution is -0.113. The number of rotatable bonds is 5. The SMILES string of the molecule is Cc1cc(C)cc(NC(=O)CSc2nnc(-c3ccccc3N)c(=O)[nH]2)c1. The van der Waals surface area contributed by atoms with E-state index in [2.05, 4.69) is 20.5 Å². The summed E-state index contributed by atoms with van der Waals surface area (Å²) in [6, 6.07) is 12.8. The van der Waals surface area contributed by atoms with E-state index < -0.39 is 5.56 Å². The highest BCUT2D eigenvalue weighted by Gasteiger charge is 2.12. The van der Waals surface area contributed by atoms with Gasteiger partial charge < -0.3 is 11.1 Å². The number of H-pyrrole nitrogens is 1. The lowest BCUT2D eigenvalue weighted by atomic mass is 10.1. The van der Waals surface area contributed by atoms with Crippen LogP contribution in [-0.2, 0) is 4.79 Å². The molecule has 0 aliphatic carbocycles. The summed E-state index contributed by atoms with van der Waals surface area (Å²) in [5.41, 5.74) is 9.48. The number of nitrogens with two attached hydrogens (primary N) is 1. The molecule has 0 spiro atoms. The number of hydrogen-bond acceptors (Lipinski definition) is 6. The first kappa shape index (κ1) is 18.7. The highest BCUT2D eigenvalue weighted by atomic mass is 32.2. The Balaban J connectivity index is 1.66. The third-order valence-electron chi connectivity index (χ3n) is 3.74. The van der Waals surface area contributed by atoms with Gasteiger partial charge in [-0.25, -0.2) is 0 Å². The van der Waals surface area contributed by atoms with E-state index in [9.17, 15) is 9.59 Å². The standard InChI is InChI=1S/C19H19N5O2S/c1-11-7-12(2)9-13(8-11)21-16(25)10-27-19-22-18(26)17(23-24-19)14-5-3-4-6-15(14)20/h3-9H,10,20H2,1-2H3,(H,21,25)(H,22,24,26). The second-order valence-corrected chi connectivity index (χ2v) is 7.07. The lowest BCUT2D eigenvalue weighted by Gasteiger charge is -2.07. The second kappa shape index (κ2) is 8.05. The van der Waals surface area contributed by atoms with Crippen molar-refractivity contribution >= 4 is 29.0 Å². The molecule has 2 aromatic carbocycles. The lowest BCUT2D eigenvalue weighted by Crippen LogP contribution is -2.17. The van der Waals surface area contributed by atoms with Crippen LogP contribution < -0.4 is 16.6 Å². The van der Waals surface area contributed by atoms with Crippen molar-refractivity contribution in [1.82, 2.24) is 15.2 Å². The van der Waals surface area contributed by atoms with E-state index in [1.54, 1.807) is 24.3 Å². The molecule has 0 saturated carbocycles. The van der Waals surface area contributed by atoms with E-state index in [1.807, 2.05) is 32.0 Å². The monoisotopic (exact) mass is 381 g/mol. The van der Waals surface area contributed by atoms with Crippen molar-refractivity contribution in [2.45, 2.75) is 19.0 Å². The Morgan fingerprint density at radius 1 is 1.15 bits per heavy atom. The van der Waals surface area contributed by atoms with Crippen LogP contribution in [0.2, 0.25) is 0 Å². The number of anilines is 2. The molecule has 0 atom stereocenters. The van der Waals surface area contributed by atoms with Crippen molar-refractivity contribution in [2.75, 3.05) is 16.8 Å². The Labute approximate surface area is 160 Å². The summed E-state index contributed by atoms with van der Waals surface area (Å²) in [6.45, 7) is 3.94. The molecule has 1 amide bonds. The van der Waals surface area contributed by atoms with E-state index in [4.69, 9.17) is 5.73 Å².